The van der Waals surface area contributed by atoms with Crippen LogP contribution in [0.2, 0.25) is 0 Å². The largest absolute Gasteiger partial charge is 0.496 e. The van der Waals surface area contributed by atoms with E-state index in [2.05, 4.69) is 15.9 Å². The number of amides is 1. The number of benzene rings is 1. The van der Waals surface area contributed by atoms with Crippen LogP contribution in [0.1, 0.15) is 15.9 Å². The molecular formula is C12H16BrNO2. The number of methoxy groups -OCH3 is 1. The molecule has 4 heteroatoms. The summed E-state index contributed by atoms with van der Waals surface area (Å²) in [7, 11) is 3.36. The predicted molar refractivity (Wildman–Crippen MR) is 68.5 cm³/mol. The first kappa shape index (κ1) is 13.0. The van der Waals surface area contributed by atoms with E-state index in [-0.39, 0.29) is 5.91 Å². The second-order valence-electron chi connectivity index (χ2n) is 3.62. The van der Waals surface area contributed by atoms with Crippen molar-refractivity contribution in [3.8, 4) is 5.75 Å². The highest BCUT2D eigenvalue weighted by atomic mass is 79.9. The molecule has 1 aromatic carbocycles. The molecular weight excluding hydrogens is 270 g/mol. The molecule has 0 atom stereocenters. The average molecular weight is 286 g/mol. The molecule has 0 unspecified atom stereocenters. The average Bonchev–Trinajstić information content (AvgIpc) is 2.28. The third-order valence-corrected chi connectivity index (χ3v) is 2.71. The summed E-state index contributed by atoms with van der Waals surface area (Å²) >= 11 is 3.32. The lowest BCUT2D eigenvalue weighted by Crippen LogP contribution is -2.28. The van der Waals surface area contributed by atoms with E-state index in [0.717, 1.165) is 10.9 Å². The van der Waals surface area contributed by atoms with Crippen LogP contribution in [-0.4, -0.2) is 36.8 Å². The first-order valence-corrected chi connectivity index (χ1v) is 6.18. The maximum Gasteiger partial charge on any atom is 0.257 e. The number of halogens is 1. The third-order valence-electron chi connectivity index (χ3n) is 2.35. The summed E-state index contributed by atoms with van der Waals surface area (Å²) in [4.78, 5) is 13.8. The van der Waals surface area contributed by atoms with Crippen molar-refractivity contribution < 1.29 is 9.53 Å². The zero-order valence-corrected chi connectivity index (χ0v) is 11.4. The molecule has 0 spiro atoms. The van der Waals surface area contributed by atoms with E-state index in [9.17, 15) is 4.79 Å². The normalized spacial score (nSPS) is 10.0. The van der Waals surface area contributed by atoms with Crippen LogP contribution in [0.25, 0.3) is 0 Å². The minimum atomic E-state index is -0.0139. The molecule has 0 saturated carbocycles. The first-order chi connectivity index (χ1) is 7.60. The summed E-state index contributed by atoms with van der Waals surface area (Å²) in [5, 5.41) is 0.767. The zero-order valence-electron chi connectivity index (χ0n) is 9.79. The van der Waals surface area contributed by atoms with Gasteiger partial charge in [0.2, 0.25) is 0 Å². The smallest absolute Gasteiger partial charge is 0.257 e. The predicted octanol–water partition coefficient (Wildman–Crippen LogP) is 2.47. The Morgan fingerprint density at radius 2 is 2.19 bits per heavy atom. The number of rotatable bonds is 4. The van der Waals surface area contributed by atoms with Crippen molar-refractivity contribution in [1.82, 2.24) is 4.90 Å². The van der Waals surface area contributed by atoms with E-state index in [1.807, 2.05) is 25.1 Å². The lowest BCUT2D eigenvalue weighted by molar-refractivity contribution is 0.0800. The van der Waals surface area contributed by atoms with E-state index in [4.69, 9.17) is 4.74 Å². The molecule has 0 aromatic heterocycles. The summed E-state index contributed by atoms with van der Waals surface area (Å²) < 4.78 is 5.19. The summed E-state index contributed by atoms with van der Waals surface area (Å²) in [6.07, 6.45) is 0. The van der Waals surface area contributed by atoms with E-state index < -0.39 is 0 Å². The van der Waals surface area contributed by atoms with Crippen molar-refractivity contribution >= 4 is 21.8 Å². The number of hydrogen-bond donors (Lipinski definition) is 0. The molecule has 0 N–H and O–H groups in total. The van der Waals surface area contributed by atoms with Gasteiger partial charge in [0.25, 0.3) is 5.91 Å². The molecule has 0 radical (unpaired) electrons. The maximum atomic E-state index is 12.1. The van der Waals surface area contributed by atoms with Gasteiger partial charge in [-0.3, -0.25) is 4.79 Å². The van der Waals surface area contributed by atoms with Crippen LogP contribution < -0.4 is 4.74 Å². The van der Waals surface area contributed by atoms with Gasteiger partial charge in [-0.05, 0) is 19.1 Å². The van der Waals surface area contributed by atoms with Crippen molar-refractivity contribution in [3.63, 3.8) is 0 Å². The molecule has 0 saturated heterocycles. The Labute approximate surface area is 105 Å². The quantitative estimate of drug-likeness (QED) is 0.796. The van der Waals surface area contributed by atoms with Gasteiger partial charge in [0.1, 0.15) is 5.75 Å². The molecule has 1 aromatic rings. The molecule has 0 heterocycles. The number of carbonyl (C=O) groups is 1. The van der Waals surface area contributed by atoms with Crippen LogP contribution in [0.3, 0.4) is 0 Å². The fraction of sp³-hybridized carbons (Fsp3) is 0.417. The highest BCUT2D eigenvalue weighted by molar-refractivity contribution is 9.09. The summed E-state index contributed by atoms with van der Waals surface area (Å²) in [5.74, 6) is 0.608. The van der Waals surface area contributed by atoms with Crippen LogP contribution in [0.4, 0.5) is 0 Å². The minimum Gasteiger partial charge on any atom is -0.496 e. The van der Waals surface area contributed by atoms with Gasteiger partial charge in [-0.2, -0.15) is 0 Å². The Morgan fingerprint density at radius 3 is 2.75 bits per heavy atom. The second-order valence-corrected chi connectivity index (χ2v) is 4.41. The van der Waals surface area contributed by atoms with Gasteiger partial charge in [-0.1, -0.05) is 27.6 Å². The number of alkyl halides is 1. The SMILES string of the molecule is COc1ccc(C)cc1C(=O)N(C)CCBr. The minimum absolute atomic E-state index is 0.0139. The summed E-state index contributed by atoms with van der Waals surface area (Å²) in [6, 6.07) is 5.61. The second kappa shape index (κ2) is 5.89. The van der Waals surface area contributed by atoms with E-state index in [0.29, 0.717) is 17.9 Å². The first-order valence-electron chi connectivity index (χ1n) is 5.06. The van der Waals surface area contributed by atoms with Gasteiger partial charge in [-0.15, -0.1) is 0 Å². The molecule has 88 valence electrons. The molecule has 1 amide bonds. The lowest BCUT2D eigenvalue weighted by atomic mass is 10.1. The number of hydrogen-bond acceptors (Lipinski definition) is 2. The molecule has 0 aliphatic heterocycles. The molecule has 0 fully saturated rings. The van der Waals surface area contributed by atoms with Crippen molar-refractivity contribution in [2.75, 3.05) is 26.0 Å². The Morgan fingerprint density at radius 1 is 1.50 bits per heavy atom. The fourth-order valence-corrected chi connectivity index (χ4v) is 1.95. The Balaban J connectivity index is 3.01. The van der Waals surface area contributed by atoms with Crippen LogP contribution in [0.15, 0.2) is 18.2 Å². The monoisotopic (exact) mass is 285 g/mol. The molecule has 16 heavy (non-hydrogen) atoms. The van der Waals surface area contributed by atoms with E-state index in [1.54, 1.807) is 19.1 Å². The van der Waals surface area contributed by atoms with E-state index >= 15 is 0 Å². The fourth-order valence-electron chi connectivity index (χ4n) is 1.42. The maximum absolute atomic E-state index is 12.1. The van der Waals surface area contributed by atoms with Crippen molar-refractivity contribution in [2.24, 2.45) is 0 Å². The number of nitrogens with zero attached hydrogens (tertiary/aromatic N) is 1. The highest BCUT2D eigenvalue weighted by Crippen LogP contribution is 2.20. The van der Waals surface area contributed by atoms with Crippen LogP contribution in [0, 0.1) is 6.92 Å². The molecule has 3 nitrogen and oxygen atoms in total. The topological polar surface area (TPSA) is 29.5 Å². The molecule has 0 aliphatic rings. The van der Waals surface area contributed by atoms with Crippen LogP contribution in [-0.2, 0) is 0 Å². The zero-order chi connectivity index (χ0) is 12.1. The summed E-state index contributed by atoms with van der Waals surface area (Å²) in [5.41, 5.74) is 1.67. The molecule has 0 aliphatic carbocycles. The number of aryl methyl sites for hydroxylation is 1. The standard InChI is InChI=1S/C12H16BrNO2/c1-9-4-5-11(16-3)10(8-9)12(15)14(2)7-6-13/h4-5,8H,6-7H2,1-3H3. The Kier molecular flexibility index (Phi) is 4.80. The van der Waals surface area contributed by atoms with Crippen molar-refractivity contribution in [3.05, 3.63) is 29.3 Å². The molecule has 1 rings (SSSR count). The van der Waals surface area contributed by atoms with Crippen LogP contribution in [0.5, 0.6) is 5.75 Å². The van der Waals surface area contributed by atoms with Crippen molar-refractivity contribution in [1.29, 1.82) is 0 Å². The highest BCUT2D eigenvalue weighted by Gasteiger charge is 2.15. The summed E-state index contributed by atoms with van der Waals surface area (Å²) in [6.45, 7) is 2.64. The third kappa shape index (κ3) is 2.98. The Hall–Kier alpha value is -1.03. The molecule has 0 bridgehead atoms. The number of carbonyl (C=O) groups excluding carboxylic acids is 1. The number of ether oxygens (including phenoxy) is 1. The van der Waals surface area contributed by atoms with Gasteiger partial charge in [0.05, 0.1) is 12.7 Å². The van der Waals surface area contributed by atoms with Gasteiger partial charge in [0, 0.05) is 18.9 Å². The Bertz CT molecular complexity index is 379. The van der Waals surface area contributed by atoms with E-state index in [1.165, 1.54) is 0 Å². The van der Waals surface area contributed by atoms with Gasteiger partial charge in [-0.25, -0.2) is 0 Å². The van der Waals surface area contributed by atoms with Gasteiger partial charge < -0.3 is 9.64 Å². The van der Waals surface area contributed by atoms with Crippen molar-refractivity contribution in [2.45, 2.75) is 6.92 Å². The lowest BCUT2D eigenvalue weighted by Gasteiger charge is -2.17. The van der Waals surface area contributed by atoms with Crippen LogP contribution >= 0.6 is 15.9 Å². The van der Waals surface area contributed by atoms with Gasteiger partial charge in [0.15, 0.2) is 0 Å². The van der Waals surface area contributed by atoms with Gasteiger partial charge >= 0.3 is 0 Å².